The Balaban J connectivity index is 1.16. The van der Waals surface area contributed by atoms with E-state index in [1.54, 1.807) is 13.0 Å². The second-order valence-electron chi connectivity index (χ2n) is 12.5. The summed E-state index contributed by atoms with van der Waals surface area (Å²) in [6.07, 6.45) is -0.559. The molecular weight excluding hydrogens is 529 g/mol. The van der Waals surface area contributed by atoms with Crippen molar-refractivity contribution in [3.8, 4) is 11.1 Å². The van der Waals surface area contributed by atoms with Gasteiger partial charge in [0.25, 0.3) is 0 Å². The number of halogens is 1. The zero-order valence-corrected chi connectivity index (χ0v) is 22.8. The fourth-order valence-corrected chi connectivity index (χ4v) is 8.01. The largest absolute Gasteiger partial charge is 0.477 e. The number of hydrogen-bond donors (Lipinski definition) is 2. The molecule has 0 unspecified atom stereocenters. The van der Waals surface area contributed by atoms with Gasteiger partial charge in [0.1, 0.15) is 51.5 Å². The molecule has 10 heteroatoms. The molecule has 4 saturated heterocycles. The van der Waals surface area contributed by atoms with Crippen LogP contribution >= 0.6 is 0 Å². The van der Waals surface area contributed by atoms with Crippen molar-refractivity contribution in [2.75, 3.05) is 45.8 Å². The number of nitrogens with zero attached hydrogens (tertiary/aromatic N) is 3. The molecule has 212 valence electrons. The molecule has 1 amide bonds. The summed E-state index contributed by atoms with van der Waals surface area (Å²) < 4.78 is 14.6. The Kier molecular flexibility index (Phi) is 5.67. The maximum absolute atomic E-state index is 13.5. The van der Waals surface area contributed by atoms with E-state index in [1.807, 2.05) is 24.3 Å². The van der Waals surface area contributed by atoms with E-state index < -0.39 is 30.1 Å². The van der Waals surface area contributed by atoms with Gasteiger partial charge in [0.05, 0.1) is 18.1 Å². The van der Waals surface area contributed by atoms with Crippen LogP contribution in [-0.2, 0) is 20.9 Å². The van der Waals surface area contributed by atoms with Gasteiger partial charge in [-0.2, -0.15) is 4.39 Å². The Morgan fingerprint density at radius 2 is 1.61 bits per heavy atom. The van der Waals surface area contributed by atoms with Crippen molar-refractivity contribution in [1.82, 2.24) is 4.90 Å². The van der Waals surface area contributed by atoms with E-state index in [0.29, 0.717) is 33.2 Å². The number of fused-ring (bicyclic) bond motifs is 7. The Morgan fingerprint density at radius 3 is 2.24 bits per heavy atom. The molecule has 5 heterocycles. The number of hydrogen-bond acceptors (Lipinski definition) is 5. The number of amides is 1. The fraction of sp³-hybridized carbons (Fsp3) is 0.419. The van der Waals surface area contributed by atoms with Crippen molar-refractivity contribution < 1.29 is 42.7 Å². The number of carboxylic acids is 1. The van der Waals surface area contributed by atoms with E-state index in [4.69, 9.17) is 0 Å². The zero-order valence-electron chi connectivity index (χ0n) is 22.8. The molecule has 9 nitrogen and oxygen atoms in total. The van der Waals surface area contributed by atoms with E-state index in [1.165, 1.54) is 4.90 Å². The third-order valence-corrected chi connectivity index (χ3v) is 10.3. The molecule has 2 N–H and O–H groups in total. The molecular formula is C31H32FN3O6+2. The van der Waals surface area contributed by atoms with Gasteiger partial charge < -0.3 is 24.1 Å². The standard InChI is InChI=1S/C31H31FN3O6/c1-17(36)27-25-14-22(28(31(40)41)33(25)30(27)39)19-3-5-20-23-12-18(2-4-21(23)29(38)24(20)13-19)15-34-6-9-35(10-7-34,11-8-34)16-26(32)37/h2-5,12-13,17,25,27,36H,6-11,14-16H2,1H3/q+1/p+1/t17-,25-,27-,34?,35?/m1/s1. The molecule has 5 aliphatic heterocycles. The van der Waals surface area contributed by atoms with Crippen LogP contribution in [0.4, 0.5) is 4.39 Å². The predicted molar refractivity (Wildman–Crippen MR) is 145 cm³/mol. The number of carboxylic acid groups (broad SMARTS) is 1. The Labute approximate surface area is 236 Å². The molecule has 0 saturated carbocycles. The summed E-state index contributed by atoms with van der Waals surface area (Å²) in [6.45, 7) is 7.37. The van der Waals surface area contributed by atoms with E-state index >= 15 is 0 Å². The lowest BCUT2D eigenvalue weighted by Gasteiger charge is -2.55. The van der Waals surface area contributed by atoms with Crippen LogP contribution in [0.5, 0.6) is 0 Å². The van der Waals surface area contributed by atoms with Crippen molar-refractivity contribution in [2.45, 2.75) is 32.0 Å². The van der Waals surface area contributed by atoms with Gasteiger partial charge in [-0.25, -0.2) is 4.79 Å². The third-order valence-electron chi connectivity index (χ3n) is 10.3. The summed E-state index contributed by atoms with van der Waals surface area (Å²) in [6, 6.07) is 9.75. The normalized spacial score (nSPS) is 30.2. The van der Waals surface area contributed by atoms with Gasteiger partial charge in [0.2, 0.25) is 5.91 Å². The van der Waals surface area contributed by atoms with Crippen molar-refractivity contribution in [3.05, 3.63) is 64.3 Å². The van der Waals surface area contributed by atoms with Crippen LogP contribution in [0, 0.1) is 5.92 Å². The molecule has 6 aliphatic rings. The Morgan fingerprint density at radius 1 is 0.951 bits per heavy atom. The number of aliphatic hydroxyl groups is 1. The number of aliphatic hydroxyl groups excluding tert-OH is 1. The van der Waals surface area contributed by atoms with Gasteiger partial charge >= 0.3 is 12.0 Å². The maximum Gasteiger partial charge on any atom is 0.355 e. The zero-order chi connectivity index (χ0) is 28.8. The van der Waals surface area contributed by atoms with Crippen LogP contribution < -0.4 is 0 Å². The third kappa shape index (κ3) is 3.84. The topological polar surface area (TPSA) is 112 Å². The van der Waals surface area contributed by atoms with Crippen molar-refractivity contribution in [2.24, 2.45) is 5.92 Å². The molecule has 0 spiro atoms. The number of quaternary nitrogens is 2. The molecule has 4 fully saturated rings. The van der Waals surface area contributed by atoms with Crippen molar-refractivity contribution in [3.63, 3.8) is 0 Å². The first-order valence-corrected chi connectivity index (χ1v) is 14.2. The molecule has 3 atom stereocenters. The summed E-state index contributed by atoms with van der Waals surface area (Å²) in [4.78, 5) is 50.7. The highest BCUT2D eigenvalue weighted by Crippen LogP contribution is 2.48. The summed E-state index contributed by atoms with van der Waals surface area (Å²) in [7, 11) is 0. The maximum atomic E-state index is 13.5. The summed E-state index contributed by atoms with van der Waals surface area (Å²) in [5, 5.41) is 20.0. The lowest BCUT2D eigenvalue weighted by Crippen LogP contribution is -2.75. The quantitative estimate of drug-likeness (QED) is 0.259. The van der Waals surface area contributed by atoms with Crippen LogP contribution in [0.3, 0.4) is 0 Å². The molecule has 2 bridgehead atoms. The fourth-order valence-electron chi connectivity index (χ4n) is 8.01. The second-order valence-corrected chi connectivity index (χ2v) is 12.5. The molecule has 2 aromatic carbocycles. The first-order chi connectivity index (χ1) is 19.5. The van der Waals surface area contributed by atoms with E-state index in [9.17, 15) is 33.8 Å². The minimum atomic E-state index is -1.23. The molecule has 0 aromatic heterocycles. The SMILES string of the molecule is C[C@@H](O)[C@H]1C(=O)N2C(C(=O)O)=C(c3ccc4c(c3)C(=O)c3ccc(C[N+]56CC[N+](CC(=O)F)(CC5)CC6)cc3-4)C[C@H]12. The molecule has 2 aromatic rings. The number of benzene rings is 2. The van der Waals surface area contributed by atoms with Crippen LogP contribution in [0.1, 0.15) is 40.4 Å². The highest BCUT2D eigenvalue weighted by Gasteiger charge is 2.57. The van der Waals surface area contributed by atoms with Crippen molar-refractivity contribution in [1.29, 1.82) is 0 Å². The summed E-state index contributed by atoms with van der Waals surface area (Å²) >= 11 is 0. The average molecular weight is 562 g/mol. The number of ketones is 1. The highest BCUT2D eigenvalue weighted by atomic mass is 19.1. The van der Waals surface area contributed by atoms with Crippen LogP contribution in [0.25, 0.3) is 16.7 Å². The van der Waals surface area contributed by atoms with Gasteiger partial charge in [-0.05, 0) is 53.8 Å². The first-order valence-electron chi connectivity index (χ1n) is 14.2. The van der Waals surface area contributed by atoms with Gasteiger partial charge in [-0.1, -0.05) is 18.2 Å². The Hall–Kier alpha value is -3.73. The summed E-state index contributed by atoms with van der Waals surface area (Å²) in [5.41, 5.74) is 4.95. The van der Waals surface area contributed by atoms with Crippen LogP contribution in [0.2, 0.25) is 0 Å². The van der Waals surface area contributed by atoms with E-state index in [2.05, 4.69) is 6.07 Å². The van der Waals surface area contributed by atoms with E-state index in [-0.39, 0.29) is 23.9 Å². The molecule has 41 heavy (non-hydrogen) atoms. The number of carbonyl (C=O) groups is 4. The number of β-lactam (4-membered cyclic amide) rings is 1. The predicted octanol–water partition coefficient (Wildman–Crippen LogP) is 1.96. The summed E-state index contributed by atoms with van der Waals surface area (Å²) in [5.74, 6) is -2.33. The van der Waals surface area contributed by atoms with Crippen molar-refractivity contribution >= 4 is 29.3 Å². The van der Waals surface area contributed by atoms with Gasteiger partial charge in [0, 0.05) is 16.7 Å². The minimum absolute atomic E-state index is 0.0271. The smallest absolute Gasteiger partial charge is 0.355 e. The lowest BCUT2D eigenvalue weighted by atomic mass is 9.82. The number of rotatable bonds is 7. The number of carbonyl (C=O) groups excluding carboxylic acids is 3. The van der Waals surface area contributed by atoms with Gasteiger partial charge in [-0.3, -0.25) is 14.4 Å². The molecule has 0 radical (unpaired) electrons. The average Bonchev–Trinajstić information content (AvgIpc) is 3.41. The lowest BCUT2D eigenvalue weighted by molar-refractivity contribution is -1.08. The minimum Gasteiger partial charge on any atom is -0.477 e. The number of piperazine rings is 3. The number of aliphatic carboxylic acids is 1. The van der Waals surface area contributed by atoms with Gasteiger partial charge in [0.15, 0.2) is 12.3 Å². The monoisotopic (exact) mass is 561 g/mol. The molecule has 1 aliphatic carbocycles. The first kappa shape index (κ1) is 26.2. The second kappa shape index (κ2) is 8.88. The van der Waals surface area contributed by atoms with E-state index in [0.717, 1.165) is 67.0 Å². The van der Waals surface area contributed by atoms with Crippen LogP contribution in [0.15, 0.2) is 42.1 Å². The highest BCUT2D eigenvalue weighted by molar-refractivity contribution is 6.22. The van der Waals surface area contributed by atoms with Gasteiger partial charge in [-0.15, -0.1) is 0 Å². The molecule has 8 rings (SSSR count). The van der Waals surface area contributed by atoms with Crippen LogP contribution in [-0.4, -0.2) is 106 Å². The Bertz CT molecular complexity index is 1570.